The molecular weight excluding hydrogens is 438 g/mol. The van der Waals surface area contributed by atoms with Crippen molar-refractivity contribution in [3.05, 3.63) is 66.7 Å². The van der Waals surface area contributed by atoms with Crippen LogP contribution in [0, 0.1) is 0 Å². The molecule has 0 saturated heterocycles. The molecule has 8 nitrogen and oxygen atoms in total. The number of ether oxygens (including phenoxy) is 1. The summed E-state index contributed by atoms with van der Waals surface area (Å²) in [5.41, 5.74) is 2.93. The molecule has 2 aromatic carbocycles. The number of aromatic nitrogens is 3. The minimum Gasteiger partial charge on any atom is -0.497 e. The summed E-state index contributed by atoms with van der Waals surface area (Å²) >= 11 is 1.21. The summed E-state index contributed by atoms with van der Waals surface area (Å²) in [7, 11) is 1.62. The Morgan fingerprint density at radius 1 is 1.15 bits per heavy atom. The number of methoxy groups -OCH3 is 1. The van der Waals surface area contributed by atoms with Crippen LogP contribution in [0.4, 0.5) is 4.79 Å². The van der Waals surface area contributed by atoms with Crippen LogP contribution in [0.2, 0.25) is 0 Å². The molecule has 0 radical (unpaired) electrons. The van der Waals surface area contributed by atoms with Gasteiger partial charge in [0.2, 0.25) is 5.91 Å². The molecule has 0 fully saturated rings. The first-order valence-corrected chi connectivity index (χ1v) is 11.4. The van der Waals surface area contributed by atoms with E-state index in [1.54, 1.807) is 7.11 Å². The first-order chi connectivity index (χ1) is 15.9. The smallest absolute Gasteiger partial charge is 0.321 e. The van der Waals surface area contributed by atoms with Gasteiger partial charge in [0.15, 0.2) is 11.0 Å². The van der Waals surface area contributed by atoms with E-state index in [0.29, 0.717) is 11.0 Å². The highest BCUT2D eigenvalue weighted by Crippen LogP contribution is 2.32. The largest absolute Gasteiger partial charge is 0.497 e. The van der Waals surface area contributed by atoms with E-state index in [2.05, 4.69) is 47.3 Å². The van der Waals surface area contributed by atoms with Gasteiger partial charge in [0, 0.05) is 12.1 Å². The Balaban J connectivity index is 1.94. The lowest BCUT2D eigenvalue weighted by Crippen LogP contribution is -2.40. The van der Waals surface area contributed by atoms with Crippen molar-refractivity contribution in [2.45, 2.75) is 24.9 Å². The van der Waals surface area contributed by atoms with Gasteiger partial charge >= 0.3 is 6.03 Å². The van der Waals surface area contributed by atoms with Gasteiger partial charge < -0.3 is 10.1 Å². The van der Waals surface area contributed by atoms with Crippen LogP contribution in [0.15, 0.2) is 66.3 Å². The Kier molecular flexibility index (Phi) is 8.26. The molecule has 0 atom stereocenters. The normalized spacial score (nSPS) is 10.7. The highest BCUT2D eigenvalue weighted by molar-refractivity contribution is 7.99. The number of para-hydroxylation sites is 1. The number of nitrogens with one attached hydrogen (secondary N) is 2. The van der Waals surface area contributed by atoms with E-state index < -0.39 is 11.9 Å². The van der Waals surface area contributed by atoms with E-state index in [1.807, 2.05) is 47.0 Å². The molecule has 3 aromatic rings. The Hall–Kier alpha value is -3.59. The average molecular weight is 466 g/mol. The number of hydrogen-bond acceptors (Lipinski definition) is 6. The Morgan fingerprint density at radius 3 is 2.55 bits per heavy atom. The topological polar surface area (TPSA) is 98.1 Å². The molecule has 0 saturated carbocycles. The van der Waals surface area contributed by atoms with E-state index in [-0.39, 0.29) is 18.2 Å². The number of hydrogen-bond donors (Lipinski definition) is 2. The quantitative estimate of drug-likeness (QED) is 0.364. The molecule has 0 spiro atoms. The number of thioether (sulfide) groups is 1. The second-order valence-corrected chi connectivity index (χ2v) is 8.36. The number of carbonyl (C=O) groups is 2. The molecule has 172 valence electrons. The molecule has 3 amide bonds. The number of rotatable bonds is 9. The molecular formula is C24H27N5O3S. The van der Waals surface area contributed by atoms with Crippen LogP contribution in [-0.2, 0) is 4.79 Å². The molecule has 0 unspecified atom stereocenters. The number of benzene rings is 2. The first-order valence-electron chi connectivity index (χ1n) is 10.4. The van der Waals surface area contributed by atoms with Crippen molar-refractivity contribution in [2.75, 3.05) is 19.4 Å². The predicted molar refractivity (Wildman–Crippen MR) is 130 cm³/mol. The molecule has 33 heavy (non-hydrogen) atoms. The van der Waals surface area contributed by atoms with Gasteiger partial charge in [-0.1, -0.05) is 49.9 Å². The fraction of sp³-hybridized carbons (Fsp3) is 0.250. The van der Waals surface area contributed by atoms with Crippen molar-refractivity contribution in [3.8, 4) is 22.8 Å². The van der Waals surface area contributed by atoms with E-state index >= 15 is 0 Å². The van der Waals surface area contributed by atoms with Crippen molar-refractivity contribution in [2.24, 2.45) is 0 Å². The Labute approximate surface area is 197 Å². The molecule has 2 N–H and O–H groups in total. The van der Waals surface area contributed by atoms with Gasteiger partial charge in [-0.15, -0.1) is 16.8 Å². The zero-order valence-corrected chi connectivity index (χ0v) is 19.7. The summed E-state index contributed by atoms with van der Waals surface area (Å²) in [6.07, 6.45) is 1.54. The zero-order valence-electron chi connectivity index (χ0n) is 18.9. The third-order valence-electron chi connectivity index (χ3n) is 4.77. The Morgan fingerprint density at radius 2 is 1.88 bits per heavy atom. The fourth-order valence-corrected chi connectivity index (χ4v) is 3.93. The number of imide groups is 1. The number of urea groups is 1. The summed E-state index contributed by atoms with van der Waals surface area (Å²) in [5.74, 6) is 1.23. The van der Waals surface area contributed by atoms with Crippen molar-refractivity contribution >= 4 is 23.7 Å². The van der Waals surface area contributed by atoms with Gasteiger partial charge in [-0.3, -0.25) is 14.7 Å². The van der Waals surface area contributed by atoms with E-state index in [1.165, 1.54) is 17.8 Å². The summed E-state index contributed by atoms with van der Waals surface area (Å²) in [5, 5.41) is 14.2. The SMILES string of the molecule is C=CCNC(=O)NC(=O)CSc1nnc(-c2ccc(OC)cc2)n1-c1ccccc1C(C)C. The lowest BCUT2D eigenvalue weighted by atomic mass is 10.0. The molecule has 0 bridgehead atoms. The average Bonchev–Trinajstić information content (AvgIpc) is 3.25. The highest BCUT2D eigenvalue weighted by atomic mass is 32.2. The summed E-state index contributed by atoms with van der Waals surface area (Å²) in [4.78, 5) is 24.0. The van der Waals surface area contributed by atoms with Crippen LogP contribution in [0.3, 0.4) is 0 Å². The lowest BCUT2D eigenvalue weighted by molar-refractivity contribution is -0.117. The maximum atomic E-state index is 12.3. The number of carbonyl (C=O) groups excluding carboxylic acids is 2. The van der Waals surface area contributed by atoms with E-state index in [0.717, 1.165) is 22.6 Å². The van der Waals surface area contributed by atoms with Crippen molar-refractivity contribution in [1.29, 1.82) is 0 Å². The second-order valence-electron chi connectivity index (χ2n) is 7.42. The standard InChI is InChI=1S/C24H27N5O3S/c1-5-14-25-23(31)26-21(30)15-33-24-28-27-22(17-10-12-18(32-4)13-11-17)29(24)20-9-7-6-8-19(20)16(2)3/h5-13,16H,1,14-15H2,2-4H3,(H2,25,26,30,31). The third-order valence-corrected chi connectivity index (χ3v) is 5.70. The minimum atomic E-state index is -0.564. The van der Waals surface area contributed by atoms with Crippen LogP contribution < -0.4 is 15.4 Å². The maximum absolute atomic E-state index is 12.3. The van der Waals surface area contributed by atoms with Crippen molar-refractivity contribution < 1.29 is 14.3 Å². The zero-order chi connectivity index (χ0) is 23.8. The molecule has 0 aliphatic carbocycles. The predicted octanol–water partition coefficient (Wildman–Crippen LogP) is 4.17. The molecule has 0 aliphatic rings. The molecule has 1 aromatic heterocycles. The van der Waals surface area contributed by atoms with Crippen LogP contribution in [0.25, 0.3) is 17.1 Å². The van der Waals surface area contributed by atoms with Crippen LogP contribution >= 0.6 is 11.8 Å². The van der Waals surface area contributed by atoms with Gasteiger partial charge in [-0.05, 0) is 41.8 Å². The lowest BCUT2D eigenvalue weighted by Gasteiger charge is -2.17. The van der Waals surface area contributed by atoms with Crippen molar-refractivity contribution in [1.82, 2.24) is 25.4 Å². The summed E-state index contributed by atoms with van der Waals surface area (Å²) in [6, 6.07) is 15.1. The third kappa shape index (κ3) is 6.01. The van der Waals surface area contributed by atoms with Gasteiger partial charge in [-0.2, -0.15) is 0 Å². The highest BCUT2D eigenvalue weighted by Gasteiger charge is 2.20. The second kappa shape index (κ2) is 11.3. The van der Waals surface area contributed by atoms with Gasteiger partial charge in [-0.25, -0.2) is 4.79 Å². The first kappa shape index (κ1) is 24.1. The molecule has 9 heteroatoms. The van der Waals surface area contributed by atoms with E-state index in [4.69, 9.17) is 4.74 Å². The monoisotopic (exact) mass is 465 g/mol. The maximum Gasteiger partial charge on any atom is 0.321 e. The molecule has 0 aliphatic heterocycles. The fourth-order valence-electron chi connectivity index (χ4n) is 3.19. The summed E-state index contributed by atoms with van der Waals surface area (Å²) in [6.45, 7) is 8.05. The van der Waals surface area contributed by atoms with Crippen LogP contribution in [0.1, 0.15) is 25.3 Å². The van der Waals surface area contributed by atoms with Gasteiger partial charge in [0.25, 0.3) is 0 Å². The van der Waals surface area contributed by atoms with Gasteiger partial charge in [0.1, 0.15) is 5.75 Å². The molecule has 3 rings (SSSR count). The van der Waals surface area contributed by atoms with Crippen molar-refractivity contribution in [3.63, 3.8) is 0 Å². The van der Waals surface area contributed by atoms with Crippen LogP contribution in [-0.4, -0.2) is 46.1 Å². The van der Waals surface area contributed by atoms with Crippen LogP contribution in [0.5, 0.6) is 5.75 Å². The van der Waals surface area contributed by atoms with Gasteiger partial charge in [0.05, 0.1) is 18.6 Å². The number of nitrogens with zero attached hydrogens (tertiary/aromatic N) is 3. The minimum absolute atomic E-state index is 0.00605. The summed E-state index contributed by atoms with van der Waals surface area (Å²) < 4.78 is 7.22. The van der Waals surface area contributed by atoms with E-state index in [9.17, 15) is 9.59 Å². The molecule has 1 heterocycles. The number of amides is 3. The Bertz CT molecular complexity index is 1130.